The summed E-state index contributed by atoms with van der Waals surface area (Å²) in [6.07, 6.45) is 0. The fourth-order valence-electron chi connectivity index (χ4n) is 0.517. The van der Waals surface area contributed by atoms with Gasteiger partial charge in [0.15, 0.2) is 0 Å². The van der Waals surface area contributed by atoms with Crippen LogP contribution in [0.3, 0.4) is 0 Å². The predicted octanol–water partition coefficient (Wildman–Crippen LogP) is 0.996. The monoisotopic (exact) mass is 142 g/mol. The van der Waals surface area contributed by atoms with Crippen LogP contribution >= 0.6 is 11.6 Å². The molecule has 0 fully saturated rings. The maximum atomic E-state index is 10.6. The third-order valence-electron chi connectivity index (χ3n) is 0.956. The Kier molecular flexibility index (Phi) is 1.49. The van der Waals surface area contributed by atoms with Crippen LogP contribution in [0.25, 0.3) is 0 Å². The van der Waals surface area contributed by atoms with E-state index in [1.54, 1.807) is 0 Å². The van der Waals surface area contributed by atoms with Gasteiger partial charge in [-0.1, -0.05) is 23.4 Å². The Labute approximate surface area is 57.9 Å². The molecule has 48 valence electrons. The van der Waals surface area contributed by atoms with Crippen LogP contribution in [-0.4, -0.2) is 0 Å². The second-order valence-corrected chi connectivity index (χ2v) is 2.10. The molecule has 0 atom stereocenters. The first-order chi connectivity index (χ1) is 4.20. The van der Waals surface area contributed by atoms with Gasteiger partial charge in [-0.2, -0.15) is 0 Å². The second-order valence-electron chi connectivity index (χ2n) is 1.69. The number of nitrogen functional groups attached to an aromatic ring is 1. The van der Waals surface area contributed by atoms with Crippen molar-refractivity contribution in [1.82, 2.24) is 0 Å². The Bertz CT molecular complexity index is 224. The molecule has 0 aromatic heterocycles. The summed E-state index contributed by atoms with van der Waals surface area (Å²) < 4.78 is 0. The molecule has 0 unspecified atom stereocenters. The van der Waals surface area contributed by atoms with Crippen LogP contribution in [0, 0.1) is 0 Å². The molecular weight excluding hydrogens is 138 g/mol. The molecule has 0 spiro atoms. The van der Waals surface area contributed by atoms with E-state index in [1.807, 2.05) is 0 Å². The Hall–Kier alpha value is -0.890. The minimum atomic E-state index is -0.189. The van der Waals surface area contributed by atoms with Gasteiger partial charge in [-0.3, -0.25) is 0 Å². The van der Waals surface area contributed by atoms with Crippen molar-refractivity contribution >= 4 is 17.3 Å². The highest BCUT2D eigenvalue weighted by Gasteiger charge is 1.87. The highest BCUT2D eigenvalue weighted by atomic mass is 35.5. The van der Waals surface area contributed by atoms with E-state index in [0.717, 1.165) is 0 Å². The van der Waals surface area contributed by atoms with E-state index >= 15 is 0 Å². The molecule has 3 heteroatoms. The number of hydrogen-bond donors (Lipinski definition) is 1. The third-order valence-corrected chi connectivity index (χ3v) is 1.25. The topological polar surface area (TPSA) is 49.1 Å². The normalized spacial score (nSPS) is 9.44. The standard InChI is InChI=1S/C6H6ClNO/c7-5-3-4(8)1-2-6(5)9/h1-3,9H,8H2/p-1. The van der Waals surface area contributed by atoms with E-state index in [9.17, 15) is 5.11 Å². The van der Waals surface area contributed by atoms with Crippen LogP contribution in [0.2, 0.25) is 5.02 Å². The van der Waals surface area contributed by atoms with Crippen molar-refractivity contribution in [3.05, 3.63) is 23.2 Å². The van der Waals surface area contributed by atoms with Crippen LogP contribution in [0.1, 0.15) is 0 Å². The maximum absolute atomic E-state index is 10.6. The zero-order chi connectivity index (χ0) is 6.85. The number of hydrogen-bond acceptors (Lipinski definition) is 2. The van der Waals surface area contributed by atoms with Crippen LogP contribution in [0.5, 0.6) is 5.75 Å². The Balaban J connectivity index is 3.17. The molecule has 0 aliphatic carbocycles. The van der Waals surface area contributed by atoms with Gasteiger partial charge in [0.2, 0.25) is 0 Å². The van der Waals surface area contributed by atoms with Gasteiger partial charge in [-0.05, 0) is 12.1 Å². The summed E-state index contributed by atoms with van der Waals surface area (Å²) in [6.45, 7) is 0. The molecule has 0 aliphatic heterocycles. The zero-order valence-corrected chi connectivity index (χ0v) is 5.35. The number of benzene rings is 1. The third kappa shape index (κ3) is 1.27. The first-order valence-corrected chi connectivity index (χ1v) is 2.80. The number of nitrogens with two attached hydrogens (primary N) is 1. The van der Waals surface area contributed by atoms with Crippen molar-refractivity contribution in [2.24, 2.45) is 0 Å². The molecule has 2 N–H and O–H groups in total. The largest absolute Gasteiger partial charge is 0.871 e. The Morgan fingerprint density at radius 3 is 2.56 bits per heavy atom. The summed E-state index contributed by atoms with van der Waals surface area (Å²) in [6, 6.07) is 4.30. The Morgan fingerprint density at radius 1 is 1.44 bits per heavy atom. The minimum Gasteiger partial charge on any atom is -0.871 e. The zero-order valence-electron chi connectivity index (χ0n) is 4.60. The van der Waals surface area contributed by atoms with E-state index in [2.05, 4.69) is 0 Å². The molecule has 0 amide bonds. The average Bonchev–Trinajstić information content (AvgIpc) is 1.80. The highest BCUT2D eigenvalue weighted by Crippen LogP contribution is 2.21. The van der Waals surface area contributed by atoms with Gasteiger partial charge in [0, 0.05) is 10.7 Å². The smallest absolute Gasteiger partial charge is 0.0347 e. The second kappa shape index (κ2) is 2.15. The summed E-state index contributed by atoms with van der Waals surface area (Å²) >= 11 is 5.42. The molecule has 0 saturated carbocycles. The van der Waals surface area contributed by atoms with E-state index in [1.165, 1.54) is 18.2 Å². The molecule has 1 rings (SSSR count). The summed E-state index contributed by atoms with van der Waals surface area (Å²) in [5, 5.41) is 10.8. The van der Waals surface area contributed by atoms with Crippen molar-refractivity contribution < 1.29 is 5.11 Å². The van der Waals surface area contributed by atoms with Crippen LogP contribution < -0.4 is 10.8 Å². The van der Waals surface area contributed by atoms with Crippen LogP contribution in [0.15, 0.2) is 18.2 Å². The van der Waals surface area contributed by atoms with Gasteiger partial charge < -0.3 is 10.8 Å². The van der Waals surface area contributed by atoms with Gasteiger partial charge in [0.05, 0.1) is 0 Å². The summed E-state index contributed by atoms with van der Waals surface area (Å²) in [5.41, 5.74) is 5.82. The summed E-state index contributed by atoms with van der Waals surface area (Å²) in [4.78, 5) is 0. The van der Waals surface area contributed by atoms with E-state index in [-0.39, 0.29) is 10.8 Å². The fourth-order valence-corrected chi connectivity index (χ4v) is 0.706. The lowest BCUT2D eigenvalue weighted by Gasteiger charge is -2.06. The maximum Gasteiger partial charge on any atom is 0.0347 e. The lowest BCUT2D eigenvalue weighted by molar-refractivity contribution is -0.268. The van der Waals surface area contributed by atoms with Crippen molar-refractivity contribution in [3.8, 4) is 5.75 Å². The number of halogens is 1. The molecular formula is C6H5ClNO-. The van der Waals surface area contributed by atoms with E-state index in [4.69, 9.17) is 17.3 Å². The molecule has 9 heavy (non-hydrogen) atoms. The van der Waals surface area contributed by atoms with Crippen molar-refractivity contribution in [2.45, 2.75) is 0 Å². The van der Waals surface area contributed by atoms with Crippen LogP contribution in [0.4, 0.5) is 5.69 Å². The Morgan fingerprint density at radius 2 is 2.11 bits per heavy atom. The molecule has 0 saturated heterocycles. The first-order valence-electron chi connectivity index (χ1n) is 2.42. The van der Waals surface area contributed by atoms with Crippen LogP contribution in [-0.2, 0) is 0 Å². The van der Waals surface area contributed by atoms with E-state index in [0.29, 0.717) is 5.69 Å². The molecule has 0 heterocycles. The quantitative estimate of drug-likeness (QED) is 0.550. The molecule has 0 aliphatic rings. The molecule has 0 bridgehead atoms. The predicted molar refractivity (Wildman–Crippen MR) is 35.3 cm³/mol. The number of anilines is 1. The van der Waals surface area contributed by atoms with Gasteiger partial charge in [0.1, 0.15) is 0 Å². The SMILES string of the molecule is Nc1ccc([O-])c(Cl)c1. The minimum absolute atomic E-state index is 0.176. The lowest BCUT2D eigenvalue weighted by Crippen LogP contribution is -1.91. The van der Waals surface area contributed by atoms with E-state index < -0.39 is 0 Å². The molecule has 0 radical (unpaired) electrons. The van der Waals surface area contributed by atoms with Crippen molar-refractivity contribution in [3.63, 3.8) is 0 Å². The van der Waals surface area contributed by atoms with Gasteiger partial charge in [-0.15, -0.1) is 0 Å². The fraction of sp³-hybridized carbons (Fsp3) is 0. The first kappa shape index (κ1) is 6.23. The summed E-state index contributed by atoms with van der Waals surface area (Å²) in [5.74, 6) is -0.189. The number of rotatable bonds is 0. The molecule has 2 nitrogen and oxygen atoms in total. The molecule has 1 aromatic rings. The van der Waals surface area contributed by atoms with Gasteiger partial charge in [0.25, 0.3) is 0 Å². The lowest BCUT2D eigenvalue weighted by atomic mass is 10.3. The van der Waals surface area contributed by atoms with Gasteiger partial charge >= 0.3 is 0 Å². The van der Waals surface area contributed by atoms with Crippen molar-refractivity contribution in [2.75, 3.05) is 5.73 Å². The average molecular weight is 143 g/mol. The van der Waals surface area contributed by atoms with Crippen molar-refractivity contribution in [1.29, 1.82) is 0 Å². The summed E-state index contributed by atoms with van der Waals surface area (Å²) in [7, 11) is 0. The molecule has 1 aromatic carbocycles. The van der Waals surface area contributed by atoms with Gasteiger partial charge in [-0.25, -0.2) is 0 Å². The highest BCUT2D eigenvalue weighted by molar-refractivity contribution is 6.32.